The second kappa shape index (κ2) is 6.18. The highest BCUT2D eigenvalue weighted by Crippen LogP contribution is 2.42. The van der Waals surface area contributed by atoms with Crippen LogP contribution in [0.5, 0.6) is 0 Å². The van der Waals surface area contributed by atoms with Gasteiger partial charge in [-0.3, -0.25) is 0 Å². The van der Waals surface area contributed by atoms with Crippen LogP contribution in [0.1, 0.15) is 41.2 Å². The number of benzene rings is 2. The molecule has 1 aliphatic rings. The van der Waals surface area contributed by atoms with Gasteiger partial charge in [-0.25, -0.2) is 0 Å². The van der Waals surface area contributed by atoms with Crippen molar-refractivity contribution >= 4 is 6.08 Å². The predicted molar refractivity (Wildman–Crippen MR) is 88.3 cm³/mol. The molecule has 0 spiro atoms. The second-order valence-electron chi connectivity index (χ2n) is 6.27. The van der Waals surface area contributed by atoms with Gasteiger partial charge >= 0.3 is 12.4 Å². The Labute approximate surface area is 147 Å². The summed E-state index contributed by atoms with van der Waals surface area (Å²) in [6.45, 7) is 3.62. The zero-order valence-corrected chi connectivity index (χ0v) is 14.0. The lowest BCUT2D eigenvalue weighted by atomic mass is 9.90. The van der Waals surface area contributed by atoms with Crippen LogP contribution in [-0.4, -0.2) is 0 Å². The monoisotopic (exact) mass is 369 g/mol. The summed E-state index contributed by atoms with van der Waals surface area (Å²) in [7, 11) is 0. The number of aryl methyl sites for hydroxylation is 1. The molecule has 0 N–H and O–H groups in total. The van der Waals surface area contributed by atoms with Crippen LogP contribution in [0.2, 0.25) is 0 Å². The number of hydrogen-bond donors (Lipinski definition) is 0. The van der Waals surface area contributed by atoms with Crippen molar-refractivity contribution in [3.63, 3.8) is 0 Å². The summed E-state index contributed by atoms with van der Waals surface area (Å²) < 4.78 is 78.9. The van der Waals surface area contributed by atoms with Crippen molar-refractivity contribution in [2.45, 2.75) is 32.6 Å². The zero-order chi connectivity index (χ0) is 19.3. The molecular weight excluding hydrogens is 354 g/mol. The molecule has 0 amide bonds. The molecule has 2 aromatic carbocycles. The summed E-state index contributed by atoms with van der Waals surface area (Å²) in [5, 5.41) is 0. The average Bonchev–Trinajstić information content (AvgIpc) is 2.95. The quantitative estimate of drug-likeness (QED) is 0.497. The van der Waals surface area contributed by atoms with Gasteiger partial charge in [-0.2, -0.15) is 26.3 Å². The molecule has 0 aliphatic heterocycles. The Morgan fingerprint density at radius 3 is 1.92 bits per heavy atom. The van der Waals surface area contributed by atoms with Crippen LogP contribution in [-0.2, 0) is 12.4 Å². The van der Waals surface area contributed by atoms with E-state index in [4.69, 9.17) is 0 Å². The van der Waals surface area contributed by atoms with Gasteiger partial charge in [0.25, 0.3) is 0 Å². The van der Waals surface area contributed by atoms with Gasteiger partial charge < -0.3 is 0 Å². The first-order valence-electron chi connectivity index (χ1n) is 7.99. The van der Waals surface area contributed by atoms with Crippen molar-refractivity contribution in [1.29, 1.82) is 0 Å². The molecule has 137 valence electrons. The van der Waals surface area contributed by atoms with Gasteiger partial charge in [0.1, 0.15) is 0 Å². The molecule has 0 aromatic heterocycles. The molecule has 3 rings (SSSR count). The van der Waals surface area contributed by atoms with E-state index in [1.54, 1.807) is 13.0 Å². The van der Waals surface area contributed by atoms with E-state index < -0.39 is 23.5 Å². The van der Waals surface area contributed by atoms with Crippen molar-refractivity contribution in [3.8, 4) is 11.1 Å². The Morgan fingerprint density at radius 1 is 0.846 bits per heavy atom. The fraction of sp³-hybridized carbons (Fsp3) is 0.250. The molecule has 0 unspecified atom stereocenters. The van der Waals surface area contributed by atoms with E-state index in [2.05, 4.69) is 0 Å². The molecule has 1 radical (unpaired) electrons. The highest BCUT2D eigenvalue weighted by Gasteiger charge is 2.37. The minimum atomic E-state index is -4.86. The van der Waals surface area contributed by atoms with Crippen LogP contribution in [0, 0.1) is 13.3 Å². The molecule has 26 heavy (non-hydrogen) atoms. The number of alkyl halides is 6. The lowest BCUT2D eigenvalue weighted by molar-refractivity contribution is -0.143. The highest BCUT2D eigenvalue weighted by atomic mass is 19.4. The minimum absolute atomic E-state index is 0.0801. The molecule has 0 saturated heterocycles. The molecule has 0 heterocycles. The maximum absolute atomic E-state index is 13.2. The molecule has 0 bridgehead atoms. The average molecular weight is 369 g/mol. The fourth-order valence-electron chi connectivity index (χ4n) is 3.14. The number of halogens is 6. The number of fused-ring (bicyclic) bond motifs is 1. The molecule has 2 aromatic rings. The molecule has 6 heteroatoms. The lowest BCUT2D eigenvalue weighted by Gasteiger charge is -2.17. The van der Waals surface area contributed by atoms with Crippen LogP contribution in [0.3, 0.4) is 0 Å². The number of hydrogen-bond acceptors (Lipinski definition) is 0. The van der Waals surface area contributed by atoms with E-state index in [0.29, 0.717) is 16.7 Å². The first-order valence-corrected chi connectivity index (χ1v) is 7.99. The largest absolute Gasteiger partial charge is 0.416 e. The van der Waals surface area contributed by atoms with Crippen LogP contribution in [0.25, 0.3) is 17.2 Å². The van der Waals surface area contributed by atoms with Gasteiger partial charge in [-0.15, -0.1) is 0 Å². The van der Waals surface area contributed by atoms with Gasteiger partial charge in [0.2, 0.25) is 0 Å². The highest BCUT2D eigenvalue weighted by molar-refractivity contribution is 5.85. The maximum atomic E-state index is 13.2. The maximum Gasteiger partial charge on any atom is 0.416 e. The van der Waals surface area contributed by atoms with Crippen molar-refractivity contribution in [2.24, 2.45) is 0 Å². The Bertz CT molecular complexity index is 852. The van der Waals surface area contributed by atoms with Crippen molar-refractivity contribution < 1.29 is 26.3 Å². The Kier molecular flexibility index (Phi) is 4.41. The molecule has 0 atom stereocenters. The van der Waals surface area contributed by atoms with E-state index in [0.717, 1.165) is 29.7 Å². The van der Waals surface area contributed by atoms with Gasteiger partial charge in [0.05, 0.1) is 11.1 Å². The third-order valence-corrected chi connectivity index (χ3v) is 4.44. The summed E-state index contributed by atoms with van der Waals surface area (Å²) in [5.74, 6) is 0. The summed E-state index contributed by atoms with van der Waals surface area (Å²) >= 11 is 0. The summed E-state index contributed by atoms with van der Waals surface area (Å²) in [4.78, 5) is 0. The van der Waals surface area contributed by atoms with Crippen LogP contribution < -0.4 is 0 Å². The smallest absolute Gasteiger partial charge is 0.166 e. The van der Waals surface area contributed by atoms with Gasteiger partial charge in [-0.05, 0) is 59.4 Å². The number of rotatable bonds is 2. The van der Waals surface area contributed by atoms with Crippen molar-refractivity contribution in [1.82, 2.24) is 0 Å². The SMILES string of the molecule is CCC1=Cc2c(ccc(C)c2-c2cc(C(F)(F)F)cc(C(F)(F)F)c2)[CH]1. The van der Waals surface area contributed by atoms with Crippen LogP contribution in [0.15, 0.2) is 35.9 Å². The summed E-state index contributed by atoms with van der Waals surface area (Å²) in [6.07, 6.45) is -5.28. The van der Waals surface area contributed by atoms with Gasteiger partial charge in [0.15, 0.2) is 0 Å². The third-order valence-electron chi connectivity index (χ3n) is 4.44. The topological polar surface area (TPSA) is 0 Å². The van der Waals surface area contributed by atoms with Crippen LogP contribution in [0.4, 0.5) is 26.3 Å². The second-order valence-corrected chi connectivity index (χ2v) is 6.27. The van der Waals surface area contributed by atoms with Crippen LogP contribution >= 0.6 is 0 Å². The molecule has 0 nitrogen and oxygen atoms in total. The Balaban J connectivity index is 2.29. The third kappa shape index (κ3) is 3.37. The van der Waals surface area contributed by atoms with Crippen molar-refractivity contribution in [3.05, 3.63) is 70.1 Å². The lowest BCUT2D eigenvalue weighted by Crippen LogP contribution is -2.11. The van der Waals surface area contributed by atoms with E-state index >= 15 is 0 Å². The van der Waals surface area contributed by atoms with E-state index in [1.165, 1.54) is 0 Å². The number of allylic oxidation sites excluding steroid dienone is 1. The molecular formula is C20H15F6. The zero-order valence-electron chi connectivity index (χ0n) is 14.0. The predicted octanol–water partition coefficient (Wildman–Crippen LogP) is 7.06. The first kappa shape index (κ1) is 18.5. The van der Waals surface area contributed by atoms with Gasteiger partial charge in [0, 0.05) is 6.42 Å². The Hall–Kier alpha value is -2.24. The standard InChI is InChI=1S/C20H15F6/c1-3-12-6-13-5-4-11(2)18(17(13)7-12)14-8-15(19(21,22)23)10-16(9-14)20(24,25)26/h4-10H,3H2,1-2H3. The minimum Gasteiger partial charge on any atom is -0.166 e. The Morgan fingerprint density at radius 2 is 1.42 bits per heavy atom. The van der Waals surface area contributed by atoms with E-state index in [1.807, 2.05) is 25.5 Å². The molecule has 0 fully saturated rings. The summed E-state index contributed by atoms with van der Waals surface area (Å²) in [5.41, 5.74) is 0.778. The van der Waals surface area contributed by atoms with Crippen molar-refractivity contribution in [2.75, 3.05) is 0 Å². The fourth-order valence-corrected chi connectivity index (χ4v) is 3.14. The normalized spacial score (nSPS) is 14.4. The summed E-state index contributed by atoms with van der Waals surface area (Å²) in [6, 6.07) is 5.27. The molecule has 1 aliphatic carbocycles. The van der Waals surface area contributed by atoms with E-state index in [9.17, 15) is 26.3 Å². The molecule has 0 saturated carbocycles. The van der Waals surface area contributed by atoms with Gasteiger partial charge in [-0.1, -0.05) is 30.7 Å². The van der Waals surface area contributed by atoms with E-state index in [-0.39, 0.29) is 11.6 Å². The first-order chi connectivity index (χ1) is 12.0.